The van der Waals surface area contributed by atoms with Gasteiger partial charge in [0.1, 0.15) is 10.6 Å². The van der Waals surface area contributed by atoms with E-state index in [1.807, 2.05) is 29.5 Å². The summed E-state index contributed by atoms with van der Waals surface area (Å²) in [5.41, 5.74) is 1.17. The largest absolute Gasteiger partial charge is 0.493 e. The van der Waals surface area contributed by atoms with E-state index in [2.05, 4.69) is 10.3 Å². The summed E-state index contributed by atoms with van der Waals surface area (Å²) in [6.45, 7) is 1.84. The molecule has 14 heteroatoms. The van der Waals surface area contributed by atoms with Gasteiger partial charge < -0.3 is 14.2 Å². The minimum atomic E-state index is -4.12. The summed E-state index contributed by atoms with van der Waals surface area (Å²) in [5.74, 6) is -0.299. The monoisotopic (exact) mass is 685 g/mol. The number of methoxy groups -OCH3 is 1. The Bertz CT molecular complexity index is 1620. The van der Waals surface area contributed by atoms with E-state index in [0.717, 1.165) is 17.3 Å². The van der Waals surface area contributed by atoms with Crippen LogP contribution in [0.2, 0.25) is 5.02 Å². The number of ether oxygens (including phenoxy) is 1. The highest BCUT2D eigenvalue weighted by Gasteiger charge is 2.26. The number of amides is 1. The van der Waals surface area contributed by atoms with Gasteiger partial charge in [-0.15, -0.1) is 0 Å². The quantitative estimate of drug-likeness (QED) is 0.108. The molecule has 0 atom stereocenters. The van der Waals surface area contributed by atoms with E-state index in [9.17, 15) is 23.3 Å². The van der Waals surface area contributed by atoms with Gasteiger partial charge in [0, 0.05) is 11.1 Å². The number of hydrogen-bond donors (Lipinski definition) is 1. The number of hydrogen-bond acceptors (Lipinski definition) is 9. The van der Waals surface area contributed by atoms with Crippen molar-refractivity contribution >= 4 is 84.6 Å². The van der Waals surface area contributed by atoms with Crippen molar-refractivity contribution in [3.8, 4) is 11.5 Å². The number of thioether (sulfide) groups is 1. The summed E-state index contributed by atoms with van der Waals surface area (Å²) < 4.78 is 36.8. The summed E-state index contributed by atoms with van der Waals surface area (Å²) in [6.07, 6.45) is 1.56. The molecular formula is C24H17ClIN3O7S2. The number of amidine groups is 1. The summed E-state index contributed by atoms with van der Waals surface area (Å²) in [6, 6.07) is 13.4. The molecule has 38 heavy (non-hydrogen) atoms. The Hall–Kier alpha value is -3.14. The lowest BCUT2D eigenvalue weighted by Crippen LogP contribution is -2.19. The summed E-state index contributed by atoms with van der Waals surface area (Å²) in [7, 11) is -2.75. The van der Waals surface area contributed by atoms with Crippen LogP contribution < -0.4 is 14.2 Å². The number of carbonyl (C=O) groups excluding carboxylic acids is 1. The predicted octanol–water partition coefficient (Wildman–Crippen LogP) is 5.83. The Morgan fingerprint density at radius 3 is 2.53 bits per heavy atom. The van der Waals surface area contributed by atoms with Crippen molar-refractivity contribution in [2.75, 3.05) is 7.11 Å². The summed E-state index contributed by atoms with van der Waals surface area (Å²) in [4.78, 5) is 27.7. The van der Waals surface area contributed by atoms with Crippen LogP contribution in [0.25, 0.3) is 6.08 Å². The second kappa shape index (κ2) is 11.3. The first kappa shape index (κ1) is 27.9. The molecule has 0 spiro atoms. The lowest BCUT2D eigenvalue weighted by molar-refractivity contribution is -0.384. The lowest BCUT2D eigenvalue weighted by atomic mass is 10.2. The van der Waals surface area contributed by atoms with E-state index in [1.54, 1.807) is 24.3 Å². The number of aryl methyl sites for hydroxylation is 1. The lowest BCUT2D eigenvalue weighted by Gasteiger charge is -2.13. The van der Waals surface area contributed by atoms with Gasteiger partial charge >= 0.3 is 10.1 Å². The molecule has 1 aliphatic heterocycles. The Morgan fingerprint density at radius 1 is 1.16 bits per heavy atom. The van der Waals surface area contributed by atoms with Gasteiger partial charge in [0.15, 0.2) is 16.7 Å². The van der Waals surface area contributed by atoms with Crippen LogP contribution in [0.5, 0.6) is 11.5 Å². The SMILES string of the molecule is COc1cc(/C=C2/SC(=Nc3ccc(Cl)cc3[N+](=O)[O-])NC2=O)cc(I)c1OS(=O)(=O)c1ccc(C)cc1. The van der Waals surface area contributed by atoms with E-state index in [4.69, 9.17) is 20.5 Å². The first-order chi connectivity index (χ1) is 18.0. The third-order valence-electron chi connectivity index (χ3n) is 5.06. The Labute approximate surface area is 240 Å². The molecule has 0 saturated carbocycles. The maximum atomic E-state index is 12.8. The van der Waals surface area contributed by atoms with Crippen molar-refractivity contribution in [2.45, 2.75) is 11.8 Å². The molecule has 1 amide bonds. The fraction of sp³-hybridized carbons (Fsp3) is 0.0833. The number of carbonyl (C=O) groups is 1. The number of nitrogens with zero attached hydrogens (tertiary/aromatic N) is 2. The van der Waals surface area contributed by atoms with Crippen LogP contribution in [-0.4, -0.2) is 31.5 Å². The Morgan fingerprint density at radius 2 is 1.87 bits per heavy atom. The van der Waals surface area contributed by atoms with Crippen molar-refractivity contribution in [3.05, 3.63) is 89.3 Å². The smallest absolute Gasteiger partial charge is 0.339 e. The van der Waals surface area contributed by atoms with E-state index in [0.29, 0.717) is 9.13 Å². The molecule has 3 aromatic rings. The molecule has 0 radical (unpaired) electrons. The van der Waals surface area contributed by atoms with E-state index in [1.165, 1.54) is 43.5 Å². The number of rotatable bonds is 7. The van der Waals surface area contributed by atoms with Crippen LogP contribution in [0.1, 0.15) is 11.1 Å². The van der Waals surface area contributed by atoms with Gasteiger partial charge in [0.2, 0.25) is 0 Å². The van der Waals surface area contributed by atoms with Gasteiger partial charge in [-0.3, -0.25) is 14.9 Å². The minimum Gasteiger partial charge on any atom is -0.493 e. The molecule has 0 unspecified atom stereocenters. The van der Waals surface area contributed by atoms with Crippen LogP contribution in [0.3, 0.4) is 0 Å². The van der Waals surface area contributed by atoms with Gasteiger partial charge in [-0.25, -0.2) is 4.99 Å². The van der Waals surface area contributed by atoms with Gasteiger partial charge in [-0.2, -0.15) is 8.42 Å². The van der Waals surface area contributed by atoms with Gasteiger partial charge in [-0.05, 0) is 89.3 Å². The third-order valence-corrected chi connectivity index (χ3v) is 8.24. The summed E-state index contributed by atoms with van der Waals surface area (Å²) >= 11 is 8.75. The van der Waals surface area contributed by atoms with Crippen LogP contribution in [0.15, 0.2) is 69.4 Å². The minimum absolute atomic E-state index is 0.00100. The molecule has 1 heterocycles. The zero-order valence-corrected chi connectivity index (χ0v) is 24.1. The molecule has 1 fully saturated rings. The number of nitrogens with one attached hydrogen (secondary N) is 1. The fourth-order valence-corrected chi connectivity index (χ4v) is 6.09. The highest BCUT2D eigenvalue weighted by Crippen LogP contribution is 2.38. The first-order valence-electron chi connectivity index (χ1n) is 10.6. The number of aliphatic imine (C=N–C) groups is 1. The van der Waals surface area contributed by atoms with E-state index >= 15 is 0 Å². The average molecular weight is 686 g/mol. The molecule has 1 aliphatic rings. The highest BCUT2D eigenvalue weighted by molar-refractivity contribution is 14.1. The number of halogens is 2. The zero-order chi connectivity index (χ0) is 27.6. The van der Waals surface area contributed by atoms with Crippen molar-refractivity contribution < 1.29 is 27.1 Å². The van der Waals surface area contributed by atoms with Gasteiger partial charge in [-0.1, -0.05) is 29.3 Å². The molecule has 1 N–H and O–H groups in total. The summed E-state index contributed by atoms with van der Waals surface area (Å²) in [5, 5.41) is 14.2. The van der Waals surface area contributed by atoms with Crippen molar-refractivity contribution in [2.24, 2.45) is 4.99 Å². The molecule has 4 rings (SSSR count). The van der Waals surface area contributed by atoms with E-state index in [-0.39, 0.29) is 42.9 Å². The maximum Gasteiger partial charge on any atom is 0.339 e. The van der Waals surface area contributed by atoms with Crippen LogP contribution in [-0.2, 0) is 14.9 Å². The van der Waals surface area contributed by atoms with Gasteiger partial charge in [0.25, 0.3) is 11.6 Å². The Kier molecular flexibility index (Phi) is 8.30. The second-order valence-electron chi connectivity index (χ2n) is 7.76. The van der Waals surface area contributed by atoms with Crippen molar-refractivity contribution in [3.63, 3.8) is 0 Å². The second-order valence-corrected chi connectivity index (χ2v) is 11.9. The van der Waals surface area contributed by atoms with Gasteiger partial charge in [0.05, 0.1) is 20.5 Å². The molecule has 0 bridgehead atoms. The Balaban J connectivity index is 1.62. The average Bonchev–Trinajstić information content (AvgIpc) is 3.20. The molecular weight excluding hydrogens is 669 g/mol. The first-order valence-corrected chi connectivity index (χ1v) is 14.3. The van der Waals surface area contributed by atoms with Crippen LogP contribution >= 0.6 is 46.0 Å². The predicted molar refractivity (Wildman–Crippen MR) is 154 cm³/mol. The van der Waals surface area contributed by atoms with Crippen molar-refractivity contribution in [1.82, 2.24) is 5.32 Å². The topological polar surface area (TPSA) is 137 Å². The standard InChI is InChI=1S/C24H17ClIN3O7S2/c1-13-3-6-16(7-4-13)38(33,34)36-22-17(26)9-14(10-20(22)35-2)11-21-23(30)28-24(37-21)27-18-8-5-15(25)12-19(18)29(31)32/h3-12H,1-2H3,(H,27,28,30)/b21-11+. The highest BCUT2D eigenvalue weighted by atomic mass is 127. The molecule has 196 valence electrons. The normalized spacial score (nSPS) is 15.5. The molecule has 1 saturated heterocycles. The third kappa shape index (κ3) is 6.28. The fourth-order valence-electron chi connectivity index (χ4n) is 3.25. The molecule has 3 aromatic carbocycles. The van der Waals surface area contributed by atoms with Crippen molar-refractivity contribution in [1.29, 1.82) is 0 Å². The van der Waals surface area contributed by atoms with Crippen LogP contribution in [0.4, 0.5) is 11.4 Å². The maximum absolute atomic E-state index is 12.8. The zero-order valence-electron chi connectivity index (χ0n) is 19.6. The molecule has 0 aromatic heterocycles. The van der Waals surface area contributed by atoms with E-state index < -0.39 is 20.9 Å². The molecule has 0 aliphatic carbocycles. The number of nitro groups is 1. The number of benzene rings is 3. The molecule has 10 nitrogen and oxygen atoms in total. The van der Waals surface area contributed by atoms with Crippen LogP contribution in [0, 0.1) is 20.6 Å². The number of nitro benzene ring substituents is 1.